The first-order chi connectivity index (χ1) is 13.2. The Morgan fingerprint density at radius 3 is 2.34 bits per heavy atom. The highest BCUT2D eigenvalue weighted by Crippen LogP contribution is 2.42. The van der Waals surface area contributed by atoms with Gasteiger partial charge in [0.15, 0.2) is 19.9 Å². The van der Waals surface area contributed by atoms with Crippen molar-refractivity contribution in [3.8, 4) is 5.40 Å². The molecule has 6 nitrogen and oxygen atoms in total. The third kappa shape index (κ3) is 6.54. The van der Waals surface area contributed by atoms with Gasteiger partial charge in [-0.2, -0.15) is 5.26 Å². The average Bonchev–Trinajstić information content (AvgIpc) is 3.07. The summed E-state index contributed by atoms with van der Waals surface area (Å²) in [4.78, 5) is 0. The van der Waals surface area contributed by atoms with Crippen molar-refractivity contribution in [3.63, 3.8) is 0 Å². The number of ether oxygens (including phenoxy) is 4. The summed E-state index contributed by atoms with van der Waals surface area (Å²) in [6.07, 6.45) is 2.75. The Kier molecular flexibility index (Phi) is 7.71. The summed E-state index contributed by atoms with van der Waals surface area (Å²) >= 11 is 1.19. The van der Waals surface area contributed by atoms with Gasteiger partial charge in [-0.1, -0.05) is 32.9 Å². The van der Waals surface area contributed by atoms with Crippen LogP contribution in [0.25, 0.3) is 0 Å². The van der Waals surface area contributed by atoms with E-state index in [9.17, 15) is 0 Å². The molecule has 0 saturated carbocycles. The van der Waals surface area contributed by atoms with Gasteiger partial charge in [0.25, 0.3) is 0 Å². The van der Waals surface area contributed by atoms with Crippen molar-refractivity contribution in [2.75, 3.05) is 12.4 Å². The van der Waals surface area contributed by atoms with E-state index in [1.165, 1.54) is 11.8 Å². The molecule has 0 aromatic carbocycles. The molecule has 2 aliphatic heterocycles. The molecule has 2 heterocycles. The van der Waals surface area contributed by atoms with Crippen LogP contribution >= 0.6 is 11.8 Å². The predicted octanol–water partition coefficient (Wildman–Crippen LogP) is 4.82. The maximum absolute atomic E-state index is 8.76. The monoisotopic (exact) mass is 443 g/mol. The highest BCUT2D eigenvalue weighted by Gasteiger charge is 2.53. The number of nitrogens with zero attached hydrogens (tertiary/aromatic N) is 1. The lowest BCUT2D eigenvalue weighted by molar-refractivity contribution is -0.176. The predicted molar refractivity (Wildman–Crippen MR) is 118 cm³/mol. The van der Waals surface area contributed by atoms with E-state index in [4.69, 9.17) is 28.6 Å². The van der Waals surface area contributed by atoms with Crippen LogP contribution in [0.1, 0.15) is 48.5 Å². The summed E-state index contributed by atoms with van der Waals surface area (Å²) in [6, 6.07) is 0. The number of hydrogen-bond acceptors (Lipinski definition) is 7. The quantitative estimate of drug-likeness (QED) is 0.242. The van der Waals surface area contributed by atoms with E-state index in [-0.39, 0.29) is 29.5 Å². The molecule has 0 N–H and O–H groups in total. The molecule has 0 bridgehead atoms. The second kappa shape index (κ2) is 8.99. The molecule has 29 heavy (non-hydrogen) atoms. The molecule has 2 saturated heterocycles. The minimum absolute atomic E-state index is 0.0456. The summed E-state index contributed by atoms with van der Waals surface area (Å²) in [5.41, 5.74) is 0. The Morgan fingerprint density at radius 2 is 1.83 bits per heavy atom. The smallest absolute Gasteiger partial charge is 0.192 e. The summed E-state index contributed by atoms with van der Waals surface area (Å²) in [6.45, 7) is 19.2. The SMILES string of the molecule is CC1(C)O[C@@H]([C@H](O[Si](C)(C)C(C)(C)C)[C@H]2COC(C)(C)O2)[C@@H](/C=C/CSC#N)O1. The molecule has 0 unspecified atom stereocenters. The summed E-state index contributed by atoms with van der Waals surface area (Å²) in [5.74, 6) is -0.775. The Hall–Kier alpha value is -0.403. The van der Waals surface area contributed by atoms with Gasteiger partial charge in [0.2, 0.25) is 0 Å². The number of thiocyanates is 1. The molecular weight excluding hydrogens is 406 g/mol. The Bertz CT molecular complexity index is 638. The van der Waals surface area contributed by atoms with Gasteiger partial charge in [-0.25, -0.2) is 0 Å². The standard InChI is InChI=1S/C21H37NO5SSi/c1-19(2,3)29(8,9)27-18(16-13-23-20(4,5)25-16)17-15(11-10-12-28-14-22)24-21(6,7)26-17/h10-11,15-18H,12-13H2,1-9H3/b11-10+/t15-,16-,17-,18-/m1/s1. The Balaban J connectivity index is 2.32. The van der Waals surface area contributed by atoms with Crippen LogP contribution in [0, 0.1) is 10.7 Å². The Labute approximate surface area is 181 Å². The first-order valence-corrected chi connectivity index (χ1v) is 14.1. The zero-order valence-electron chi connectivity index (χ0n) is 19.3. The van der Waals surface area contributed by atoms with Crippen LogP contribution < -0.4 is 0 Å². The number of hydrogen-bond donors (Lipinski definition) is 0. The lowest BCUT2D eigenvalue weighted by atomic mass is 10.0. The van der Waals surface area contributed by atoms with E-state index >= 15 is 0 Å². The first-order valence-electron chi connectivity index (χ1n) is 10.2. The van der Waals surface area contributed by atoms with Crippen LogP contribution in [0.3, 0.4) is 0 Å². The van der Waals surface area contributed by atoms with E-state index in [1.807, 2.05) is 39.8 Å². The van der Waals surface area contributed by atoms with Gasteiger partial charge in [0.1, 0.15) is 29.8 Å². The van der Waals surface area contributed by atoms with Gasteiger partial charge >= 0.3 is 0 Å². The van der Waals surface area contributed by atoms with Gasteiger partial charge in [0, 0.05) is 5.75 Å². The molecule has 8 heteroatoms. The molecule has 0 amide bonds. The highest BCUT2D eigenvalue weighted by atomic mass is 32.2. The lowest BCUT2D eigenvalue weighted by Crippen LogP contribution is -2.54. The van der Waals surface area contributed by atoms with Crippen molar-refractivity contribution in [2.24, 2.45) is 0 Å². The number of nitriles is 1. The van der Waals surface area contributed by atoms with Gasteiger partial charge in [-0.15, -0.1) is 0 Å². The number of thioether (sulfide) groups is 1. The molecule has 0 aromatic heterocycles. The van der Waals surface area contributed by atoms with E-state index < -0.39 is 19.9 Å². The van der Waals surface area contributed by atoms with E-state index in [0.717, 1.165) is 0 Å². The molecule has 166 valence electrons. The van der Waals surface area contributed by atoms with Crippen molar-refractivity contribution >= 4 is 20.1 Å². The fraction of sp³-hybridized carbons (Fsp3) is 0.857. The normalized spacial score (nSPS) is 30.6. The molecule has 4 atom stereocenters. The Morgan fingerprint density at radius 1 is 1.17 bits per heavy atom. The van der Waals surface area contributed by atoms with Crippen molar-refractivity contribution in [3.05, 3.63) is 12.2 Å². The molecule has 0 radical (unpaired) electrons. The largest absolute Gasteiger partial charge is 0.408 e. The average molecular weight is 444 g/mol. The second-order valence-electron chi connectivity index (χ2n) is 10.1. The van der Waals surface area contributed by atoms with Gasteiger partial charge in [0.05, 0.1) is 6.61 Å². The third-order valence-electron chi connectivity index (χ3n) is 5.69. The van der Waals surface area contributed by atoms with Gasteiger partial charge < -0.3 is 23.4 Å². The van der Waals surface area contributed by atoms with Crippen LogP contribution in [-0.4, -0.2) is 56.7 Å². The van der Waals surface area contributed by atoms with Gasteiger partial charge in [-0.05, 0) is 57.6 Å². The summed E-state index contributed by atoms with van der Waals surface area (Å²) in [7, 11) is -2.11. The molecular formula is C21H37NO5SSi. The fourth-order valence-electron chi connectivity index (χ4n) is 3.24. The molecule has 0 aliphatic carbocycles. The maximum Gasteiger partial charge on any atom is 0.192 e. The topological polar surface area (TPSA) is 69.9 Å². The highest BCUT2D eigenvalue weighted by molar-refractivity contribution is 8.03. The summed E-state index contributed by atoms with van der Waals surface area (Å²) < 4.78 is 31.4. The molecule has 0 aromatic rings. The minimum Gasteiger partial charge on any atom is -0.408 e. The fourth-order valence-corrected chi connectivity index (χ4v) is 4.85. The zero-order chi connectivity index (χ0) is 22.1. The van der Waals surface area contributed by atoms with E-state index in [0.29, 0.717) is 12.4 Å². The molecule has 0 spiro atoms. The van der Waals surface area contributed by atoms with Gasteiger partial charge in [-0.3, -0.25) is 0 Å². The molecule has 2 fully saturated rings. The minimum atomic E-state index is -2.11. The van der Waals surface area contributed by atoms with Crippen LogP contribution in [0.2, 0.25) is 18.1 Å². The van der Waals surface area contributed by atoms with Crippen LogP contribution in [0.5, 0.6) is 0 Å². The third-order valence-corrected chi connectivity index (χ3v) is 10.7. The van der Waals surface area contributed by atoms with Crippen LogP contribution in [-0.2, 0) is 23.4 Å². The van der Waals surface area contributed by atoms with Crippen molar-refractivity contribution in [2.45, 2.75) is 103 Å². The maximum atomic E-state index is 8.76. The second-order valence-corrected chi connectivity index (χ2v) is 15.7. The zero-order valence-corrected chi connectivity index (χ0v) is 21.1. The van der Waals surface area contributed by atoms with Crippen molar-refractivity contribution in [1.29, 1.82) is 5.26 Å². The van der Waals surface area contributed by atoms with Crippen molar-refractivity contribution in [1.82, 2.24) is 0 Å². The molecule has 2 aliphatic rings. The first kappa shape index (κ1) is 24.9. The van der Waals surface area contributed by atoms with E-state index in [1.54, 1.807) is 0 Å². The number of rotatable bonds is 7. The molecule has 2 rings (SSSR count). The summed E-state index contributed by atoms with van der Waals surface area (Å²) in [5, 5.41) is 10.9. The van der Waals surface area contributed by atoms with Crippen LogP contribution in [0.15, 0.2) is 12.2 Å². The lowest BCUT2D eigenvalue weighted by Gasteiger charge is -2.42. The van der Waals surface area contributed by atoms with E-state index in [2.05, 4.69) is 39.3 Å². The van der Waals surface area contributed by atoms with Crippen LogP contribution in [0.4, 0.5) is 0 Å². The van der Waals surface area contributed by atoms with Crippen molar-refractivity contribution < 1.29 is 23.4 Å².